The summed E-state index contributed by atoms with van der Waals surface area (Å²) in [5, 5.41) is 9.58. The van der Waals surface area contributed by atoms with Crippen LogP contribution in [0.25, 0.3) is 0 Å². The van der Waals surface area contributed by atoms with Gasteiger partial charge in [-0.15, -0.1) is 0 Å². The molecule has 2 fully saturated rings. The molecule has 2 heterocycles. The van der Waals surface area contributed by atoms with Gasteiger partial charge in [-0.3, -0.25) is 9.59 Å². The molecule has 8 heteroatoms. The molecule has 156 valence electrons. The lowest BCUT2D eigenvalue weighted by molar-refractivity contribution is -0.117. The van der Waals surface area contributed by atoms with Crippen molar-refractivity contribution in [3.8, 4) is 0 Å². The van der Waals surface area contributed by atoms with Crippen LogP contribution in [-0.4, -0.2) is 21.8 Å². The number of amides is 2. The van der Waals surface area contributed by atoms with Crippen LogP contribution < -0.4 is 16.0 Å². The Hall–Kier alpha value is -2.67. The number of aryl methyl sites for hydroxylation is 1. The number of hydrogen-bond acceptors (Lipinski definition) is 5. The van der Waals surface area contributed by atoms with Crippen molar-refractivity contribution in [1.29, 1.82) is 0 Å². The number of halogens is 1. The van der Waals surface area contributed by atoms with Crippen LogP contribution in [0.1, 0.15) is 66.4 Å². The molecule has 2 aromatic rings. The first-order valence-electron chi connectivity index (χ1n) is 10.5. The van der Waals surface area contributed by atoms with Crippen LogP contribution in [0.15, 0.2) is 18.5 Å². The summed E-state index contributed by atoms with van der Waals surface area (Å²) in [6.07, 6.45) is 8.53. The molecule has 1 aromatic carbocycles. The van der Waals surface area contributed by atoms with Crippen molar-refractivity contribution < 1.29 is 9.59 Å². The third kappa shape index (κ3) is 3.31. The Morgan fingerprint density at radius 3 is 2.63 bits per heavy atom. The molecule has 2 saturated carbocycles. The van der Waals surface area contributed by atoms with E-state index in [-0.39, 0.29) is 28.3 Å². The quantitative estimate of drug-likeness (QED) is 0.673. The standard InChI is InChI=1S/C22H24ClN5O2/c1-12-9-14(10-15-16(12)21(30)28-22(15)7-3-2-4-8-22)26-18-17(23)19(25-11-24-18)27-20(29)13-5-6-13/h9-11,13H,2-8H2,1H3,(H,28,30)(H2,24,25,26,27,29). The first-order valence-corrected chi connectivity index (χ1v) is 10.9. The maximum atomic E-state index is 12.7. The average molecular weight is 426 g/mol. The normalized spacial score (nSPS) is 19.3. The van der Waals surface area contributed by atoms with Gasteiger partial charge >= 0.3 is 0 Å². The molecule has 0 unspecified atom stereocenters. The van der Waals surface area contributed by atoms with Crippen molar-refractivity contribution >= 4 is 40.7 Å². The molecule has 2 amide bonds. The lowest BCUT2D eigenvalue weighted by Gasteiger charge is -2.34. The monoisotopic (exact) mass is 425 g/mol. The van der Waals surface area contributed by atoms with Crippen molar-refractivity contribution in [2.24, 2.45) is 5.92 Å². The van der Waals surface area contributed by atoms with E-state index in [9.17, 15) is 9.59 Å². The Morgan fingerprint density at radius 1 is 1.17 bits per heavy atom. The third-order valence-corrected chi connectivity index (χ3v) is 6.74. The number of nitrogens with zero attached hydrogens (tertiary/aromatic N) is 2. The van der Waals surface area contributed by atoms with E-state index in [4.69, 9.17) is 11.6 Å². The molecular formula is C22H24ClN5O2. The first-order chi connectivity index (χ1) is 14.5. The van der Waals surface area contributed by atoms with Crippen molar-refractivity contribution in [3.63, 3.8) is 0 Å². The second-order valence-corrected chi connectivity index (χ2v) is 8.96. The van der Waals surface area contributed by atoms with Gasteiger partial charge in [0.25, 0.3) is 5.91 Å². The van der Waals surface area contributed by atoms with Gasteiger partial charge in [0, 0.05) is 17.2 Å². The zero-order valence-corrected chi connectivity index (χ0v) is 17.6. The van der Waals surface area contributed by atoms with Gasteiger partial charge in [0.15, 0.2) is 11.6 Å². The van der Waals surface area contributed by atoms with E-state index in [0.717, 1.165) is 60.9 Å². The van der Waals surface area contributed by atoms with E-state index in [0.29, 0.717) is 11.6 Å². The maximum absolute atomic E-state index is 12.7. The minimum absolute atomic E-state index is 0.0149. The molecule has 0 atom stereocenters. The van der Waals surface area contributed by atoms with E-state index < -0.39 is 0 Å². The zero-order valence-electron chi connectivity index (χ0n) is 16.8. The van der Waals surface area contributed by atoms with Gasteiger partial charge in [-0.05, 0) is 55.9 Å². The summed E-state index contributed by atoms with van der Waals surface area (Å²) in [7, 11) is 0. The molecule has 1 aliphatic heterocycles. The fraction of sp³-hybridized carbons (Fsp3) is 0.455. The molecule has 0 bridgehead atoms. The minimum atomic E-state index is -0.272. The van der Waals surface area contributed by atoms with Crippen molar-refractivity contribution in [2.75, 3.05) is 10.6 Å². The van der Waals surface area contributed by atoms with Gasteiger partial charge in [-0.25, -0.2) is 9.97 Å². The summed E-state index contributed by atoms with van der Waals surface area (Å²) in [5.41, 5.74) is 3.30. The molecule has 2 aliphatic carbocycles. The molecule has 7 nitrogen and oxygen atoms in total. The van der Waals surface area contributed by atoms with E-state index in [1.807, 2.05) is 19.1 Å². The zero-order chi connectivity index (χ0) is 20.9. The number of fused-ring (bicyclic) bond motifs is 2. The molecule has 0 radical (unpaired) electrons. The van der Waals surface area contributed by atoms with Crippen molar-refractivity contribution in [3.05, 3.63) is 40.2 Å². The second-order valence-electron chi connectivity index (χ2n) is 8.59. The van der Waals surface area contributed by atoms with Gasteiger partial charge in [-0.2, -0.15) is 0 Å². The molecule has 0 saturated heterocycles. The summed E-state index contributed by atoms with van der Waals surface area (Å²) in [5.74, 6) is 0.750. The maximum Gasteiger partial charge on any atom is 0.252 e. The molecule has 1 aromatic heterocycles. The number of benzene rings is 1. The number of carbonyl (C=O) groups is 2. The largest absolute Gasteiger partial charge is 0.342 e. The van der Waals surface area contributed by atoms with E-state index >= 15 is 0 Å². The van der Waals surface area contributed by atoms with Crippen molar-refractivity contribution in [2.45, 2.75) is 57.4 Å². The fourth-order valence-corrected chi connectivity index (χ4v) is 4.87. The lowest BCUT2D eigenvalue weighted by Crippen LogP contribution is -2.40. The van der Waals surface area contributed by atoms with Crippen LogP contribution in [0.4, 0.5) is 17.3 Å². The predicted molar refractivity (Wildman–Crippen MR) is 115 cm³/mol. The highest BCUT2D eigenvalue weighted by Gasteiger charge is 2.44. The highest BCUT2D eigenvalue weighted by Crippen LogP contribution is 2.45. The molecule has 3 aliphatic rings. The smallest absolute Gasteiger partial charge is 0.252 e. The first kappa shape index (κ1) is 19.3. The Kier molecular flexibility index (Phi) is 4.65. The third-order valence-electron chi connectivity index (χ3n) is 6.38. The highest BCUT2D eigenvalue weighted by atomic mass is 35.5. The Balaban J connectivity index is 1.46. The number of carbonyl (C=O) groups excluding carboxylic acids is 2. The lowest BCUT2D eigenvalue weighted by atomic mass is 9.77. The molecule has 1 spiro atoms. The number of nitrogens with one attached hydrogen (secondary N) is 3. The van der Waals surface area contributed by atoms with Crippen LogP contribution in [0, 0.1) is 12.8 Å². The predicted octanol–water partition coefficient (Wildman–Crippen LogP) is 4.43. The molecular weight excluding hydrogens is 402 g/mol. The van der Waals surface area contributed by atoms with E-state index in [1.165, 1.54) is 12.7 Å². The Bertz CT molecular complexity index is 1040. The number of anilines is 3. The minimum Gasteiger partial charge on any atom is -0.342 e. The number of rotatable bonds is 4. The average Bonchev–Trinajstić information content (AvgIpc) is 3.53. The van der Waals surface area contributed by atoms with Gasteiger partial charge in [0.05, 0.1) is 5.54 Å². The molecule has 30 heavy (non-hydrogen) atoms. The van der Waals surface area contributed by atoms with Gasteiger partial charge in [0.2, 0.25) is 5.91 Å². The summed E-state index contributed by atoms with van der Waals surface area (Å²) in [6.45, 7) is 1.95. The van der Waals surface area contributed by atoms with Crippen LogP contribution in [0.3, 0.4) is 0 Å². The van der Waals surface area contributed by atoms with Gasteiger partial charge in [-0.1, -0.05) is 30.9 Å². The second kappa shape index (κ2) is 7.23. The summed E-state index contributed by atoms with van der Waals surface area (Å²) in [4.78, 5) is 33.1. The highest BCUT2D eigenvalue weighted by molar-refractivity contribution is 6.35. The summed E-state index contributed by atoms with van der Waals surface area (Å²) >= 11 is 6.48. The van der Waals surface area contributed by atoms with Crippen molar-refractivity contribution in [1.82, 2.24) is 15.3 Å². The van der Waals surface area contributed by atoms with E-state index in [2.05, 4.69) is 25.9 Å². The Morgan fingerprint density at radius 2 is 1.90 bits per heavy atom. The molecule has 3 N–H and O–H groups in total. The van der Waals surface area contributed by atoms with E-state index in [1.54, 1.807) is 0 Å². The SMILES string of the molecule is Cc1cc(Nc2ncnc(NC(=O)C3CC3)c2Cl)cc2c1C(=O)NC21CCCCC1. The topological polar surface area (TPSA) is 96.0 Å². The van der Waals surface area contributed by atoms with Crippen LogP contribution >= 0.6 is 11.6 Å². The fourth-order valence-electron chi connectivity index (χ4n) is 4.68. The van der Waals surface area contributed by atoms with Gasteiger partial charge in [0.1, 0.15) is 11.3 Å². The summed E-state index contributed by atoms with van der Waals surface area (Å²) < 4.78 is 0. The van der Waals surface area contributed by atoms with Crippen LogP contribution in [0.5, 0.6) is 0 Å². The van der Waals surface area contributed by atoms with Crippen LogP contribution in [0.2, 0.25) is 5.02 Å². The van der Waals surface area contributed by atoms with Crippen LogP contribution in [-0.2, 0) is 10.3 Å². The number of aromatic nitrogens is 2. The summed E-state index contributed by atoms with van der Waals surface area (Å²) in [6, 6.07) is 3.97. The number of hydrogen-bond donors (Lipinski definition) is 3. The van der Waals surface area contributed by atoms with Gasteiger partial charge < -0.3 is 16.0 Å². The molecule has 5 rings (SSSR count). The Labute approximate surface area is 180 Å².